The Hall–Kier alpha value is -1.13. The second-order valence-electron chi connectivity index (χ2n) is 4.77. The third-order valence-electron chi connectivity index (χ3n) is 3.30. The molecule has 0 aliphatic heterocycles. The Labute approximate surface area is 113 Å². The fourth-order valence-electron chi connectivity index (χ4n) is 2.15. The van der Waals surface area contributed by atoms with Gasteiger partial charge >= 0.3 is 0 Å². The molecule has 4 heteroatoms. The molecule has 1 unspecified atom stereocenters. The highest BCUT2D eigenvalue weighted by Gasteiger charge is 2.08. The molecule has 0 amide bonds. The lowest BCUT2D eigenvalue weighted by atomic mass is 10.1. The molecule has 2 heterocycles. The molecule has 0 spiro atoms. The second kappa shape index (κ2) is 6.16. The molecule has 0 saturated carbocycles. The van der Waals surface area contributed by atoms with Crippen molar-refractivity contribution in [3.05, 3.63) is 39.3 Å². The van der Waals surface area contributed by atoms with Crippen molar-refractivity contribution < 1.29 is 0 Å². The number of hydrogen-bond donors (Lipinski definition) is 2. The fourth-order valence-corrected chi connectivity index (χ4v) is 3.11. The molecule has 0 aliphatic rings. The van der Waals surface area contributed by atoms with E-state index < -0.39 is 0 Å². The minimum Gasteiger partial charge on any atom is -0.309 e. The number of aromatic amines is 1. The van der Waals surface area contributed by atoms with Crippen molar-refractivity contribution >= 4 is 11.3 Å². The third-order valence-corrected chi connectivity index (χ3v) is 4.50. The standard InChI is InChI=1S/C14H21N3S/c1-10-6-8-18-14(10)12(3)15-7-4-5-13-9-16-17-11(13)2/h6,8-9,12,15H,4-5,7H2,1-3H3,(H,16,17). The SMILES string of the molecule is Cc1ccsc1C(C)NCCCc1cn[nH]c1C. The number of H-pyrrole nitrogens is 1. The first-order valence-electron chi connectivity index (χ1n) is 6.44. The van der Waals surface area contributed by atoms with Crippen molar-refractivity contribution in [1.29, 1.82) is 0 Å². The van der Waals surface area contributed by atoms with E-state index in [0.29, 0.717) is 6.04 Å². The number of hydrogen-bond acceptors (Lipinski definition) is 3. The van der Waals surface area contributed by atoms with Gasteiger partial charge in [0.25, 0.3) is 0 Å². The van der Waals surface area contributed by atoms with E-state index in [9.17, 15) is 0 Å². The normalized spacial score (nSPS) is 12.8. The van der Waals surface area contributed by atoms with Crippen LogP contribution in [-0.2, 0) is 6.42 Å². The molecule has 2 rings (SSSR count). The van der Waals surface area contributed by atoms with Gasteiger partial charge in [-0.25, -0.2) is 0 Å². The molecule has 0 aliphatic carbocycles. The Morgan fingerprint density at radius 2 is 2.28 bits per heavy atom. The summed E-state index contributed by atoms with van der Waals surface area (Å²) >= 11 is 1.84. The van der Waals surface area contributed by atoms with E-state index in [1.807, 2.05) is 17.5 Å². The number of rotatable bonds is 6. The van der Waals surface area contributed by atoms with E-state index in [0.717, 1.165) is 19.4 Å². The van der Waals surface area contributed by atoms with E-state index in [1.165, 1.54) is 21.7 Å². The number of nitrogens with one attached hydrogen (secondary N) is 2. The van der Waals surface area contributed by atoms with Gasteiger partial charge in [0.1, 0.15) is 0 Å². The number of aryl methyl sites for hydroxylation is 3. The summed E-state index contributed by atoms with van der Waals surface area (Å²) in [5, 5.41) is 12.8. The quantitative estimate of drug-likeness (QED) is 0.785. The number of thiophene rings is 1. The van der Waals surface area contributed by atoms with Crippen molar-refractivity contribution in [2.75, 3.05) is 6.54 Å². The summed E-state index contributed by atoms with van der Waals surface area (Å²) in [5.74, 6) is 0. The van der Waals surface area contributed by atoms with Crippen molar-refractivity contribution in [2.45, 2.75) is 39.7 Å². The molecule has 98 valence electrons. The monoisotopic (exact) mass is 263 g/mol. The lowest BCUT2D eigenvalue weighted by molar-refractivity contribution is 0.563. The summed E-state index contributed by atoms with van der Waals surface area (Å²) in [7, 11) is 0. The van der Waals surface area contributed by atoms with Gasteiger partial charge in [0.2, 0.25) is 0 Å². The Morgan fingerprint density at radius 1 is 1.44 bits per heavy atom. The first kappa shape index (κ1) is 13.3. The van der Waals surface area contributed by atoms with E-state index in [-0.39, 0.29) is 0 Å². The highest BCUT2D eigenvalue weighted by Crippen LogP contribution is 2.23. The zero-order valence-electron chi connectivity index (χ0n) is 11.3. The molecular formula is C14H21N3S. The van der Waals surface area contributed by atoms with Gasteiger partial charge in [0.15, 0.2) is 0 Å². The number of aromatic nitrogens is 2. The Balaban J connectivity index is 1.73. The van der Waals surface area contributed by atoms with Gasteiger partial charge in [-0.2, -0.15) is 5.10 Å². The minimum atomic E-state index is 0.454. The first-order valence-corrected chi connectivity index (χ1v) is 7.32. The predicted octanol–water partition coefficient (Wildman–Crippen LogP) is 3.37. The van der Waals surface area contributed by atoms with Crippen LogP contribution in [0.4, 0.5) is 0 Å². The lowest BCUT2D eigenvalue weighted by Gasteiger charge is -2.13. The van der Waals surface area contributed by atoms with Crippen molar-refractivity contribution in [3.63, 3.8) is 0 Å². The van der Waals surface area contributed by atoms with Gasteiger partial charge in [-0.05, 0) is 62.7 Å². The van der Waals surface area contributed by atoms with Gasteiger partial charge in [0, 0.05) is 16.6 Å². The largest absolute Gasteiger partial charge is 0.309 e. The molecule has 1 atom stereocenters. The zero-order valence-corrected chi connectivity index (χ0v) is 12.1. The molecule has 2 aromatic heterocycles. The fraction of sp³-hybridized carbons (Fsp3) is 0.500. The van der Waals surface area contributed by atoms with Crippen LogP contribution in [0.2, 0.25) is 0 Å². The van der Waals surface area contributed by atoms with Gasteiger partial charge in [-0.1, -0.05) is 0 Å². The van der Waals surface area contributed by atoms with Crippen LogP contribution < -0.4 is 5.32 Å². The molecule has 0 bridgehead atoms. The summed E-state index contributed by atoms with van der Waals surface area (Å²) in [6.45, 7) is 7.54. The van der Waals surface area contributed by atoms with Crippen molar-refractivity contribution in [1.82, 2.24) is 15.5 Å². The summed E-state index contributed by atoms with van der Waals surface area (Å²) in [6.07, 6.45) is 4.17. The van der Waals surface area contributed by atoms with Gasteiger partial charge < -0.3 is 5.32 Å². The van der Waals surface area contributed by atoms with Crippen LogP contribution in [0.25, 0.3) is 0 Å². The molecule has 0 fully saturated rings. The average molecular weight is 263 g/mol. The van der Waals surface area contributed by atoms with Gasteiger partial charge in [0.05, 0.1) is 6.20 Å². The van der Waals surface area contributed by atoms with Crippen LogP contribution in [0.15, 0.2) is 17.6 Å². The Bertz CT molecular complexity index is 487. The number of nitrogens with zero attached hydrogens (tertiary/aromatic N) is 1. The molecule has 0 saturated heterocycles. The third kappa shape index (κ3) is 3.21. The molecular weight excluding hydrogens is 242 g/mol. The van der Waals surface area contributed by atoms with E-state index in [4.69, 9.17) is 0 Å². The van der Waals surface area contributed by atoms with Crippen LogP contribution in [0.3, 0.4) is 0 Å². The average Bonchev–Trinajstić information content (AvgIpc) is 2.94. The van der Waals surface area contributed by atoms with Crippen LogP contribution in [-0.4, -0.2) is 16.7 Å². The predicted molar refractivity (Wildman–Crippen MR) is 77.1 cm³/mol. The Kier molecular flexibility index (Phi) is 4.55. The Morgan fingerprint density at radius 3 is 2.89 bits per heavy atom. The first-order chi connectivity index (χ1) is 8.68. The van der Waals surface area contributed by atoms with Gasteiger partial charge in [-0.15, -0.1) is 11.3 Å². The maximum atomic E-state index is 4.04. The van der Waals surface area contributed by atoms with Crippen LogP contribution >= 0.6 is 11.3 Å². The topological polar surface area (TPSA) is 40.7 Å². The molecule has 0 aromatic carbocycles. The van der Waals surface area contributed by atoms with Crippen molar-refractivity contribution in [3.8, 4) is 0 Å². The summed E-state index contributed by atoms with van der Waals surface area (Å²) < 4.78 is 0. The van der Waals surface area contributed by atoms with E-state index in [1.54, 1.807) is 0 Å². The maximum absolute atomic E-state index is 4.04. The summed E-state index contributed by atoms with van der Waals surface area (Å²) in [4.78, 5) is 1.45. The lowest BCUT2D eigenvalue weighted by Crippen LogP contribution is -2.20. The zero-order chi connectivity index (χ0) is 13.0. The summed E-state index contributed by atoms with van der Waals surface area (Å²) in [6, 6.07) is 2.64. The molecule has 2 aromatic rings. The van der Waals surface area contributed by atoms with E-state index >= 15 is 0 Å². The molecule has 0 radical (unpaired) electrons. The molecule has 3 nitrogen and oxygen atoms in total. The second-order valence-corrected chi connectivity index (χ2v) is 5.72. The van der Waals surface area contributed by atoms with Gasteiger partial charge in [-0.3, -0.25) is 5.10 Å². The van der Waals surface area contributed by atoms with E-state index in [2.05, 4.69) is 47.7 Å². The van der Waals surface area contributed by atoms with Crippen LogP contribution in [0.5, 0.6) is 0 Å². The smallest absolute Gasteiger partial charge is 0.0522 e. The van der Waals surface area contributed by atoms with Crippen LogP contribution in [0.1, 0.15) is 41.1 Å². The molecule has 18 heavy (non-hydrogen) atoms. The minimum absolute atomic E-state index is 0.454. The summed E-state index contributed by atoms with van der Waals surface area (Å²) in [5.41, 5.74) is 3.92. The van der Waals surface area contributed by atoms with Crippen molar-refractivity contribution in [2.24, 2.45) is 0 Å². The maximum Gasteiger partial charge on any atom is 0.0522 e. The molecule has 2 N–H and O–H groups in total. The highest BCUT2D eigenvalue weighted by atomic mass is 32.1. The highest BCUT2D eigenvalue weighted by molar-refractivity contribution is 7.10. The van der Waals surface area contributed by atoms with Crippen LogP contribution in [0, 0.1) is 13.8 Å².